The molecule has 22 heteroatoms. The van der Waals surface area contributed by atoms with Gasteiger partial charge in [-0.15, -0.1) is 0 Å². The van der Waals surface area contributed by atoms with E-state index < -0.39 is 118 Å². The molecule has 4 aromatic rings. The van der Waals surface area contributed by atoms with Crippen LogP contribution in [0.2, 0.25) is 0 Å². The van der Waals surface area contributed by atoms with E-state index in [1.807, 2.05) is 0 Å². The van der Waals surface area contributed by atoms with E-state index in [2.05, 4.69) is 20.6 Å². The van der Waals surface area contributed by atoms with Crippen molar-refractivity contribution in [2.45, 2.75) is 101 Å². The van der Waals surface area contributed by atoms with E-state index in [1.165, 1.54) is 64.4 Å². The first-order valence-electron chi connectivity index (χ1n) is 20.1. The Bertz CT molecular complexity index is 2220. The monoisotopic (exact) mass is 948 g/mol. The van der Waals surface area contributed by atoms with Crippen LogP contribution >= 0.6 is 0 Å². The molecule has 2 aromatic carbocycles. The number of nitrogens with zero attached hydrogens (tertiary/aromatic N) is 2. The lowest BCUT2D eigenvalue weighted by molar-refractivity contribution is -0.272. The quantitative estimate of drug-likeness (QED) is 0.113. The van der Waals surface area contributed by atoms with Crippen molar-refractivity contribution in [3.8, 4) is 11.5 Å². The average molecular weight is 949 g/mol. The highest BCUT2D eigenvalue weighted by atomic mass is 19.4. The Kier molecular flexibility index (Phi) is 15.1. The lowest BCUT2D eigenvalue weighted by Gasteiger charge is -2.32. The third-order valence-electron chi connectivity index (χ3n) is 12.1. The highest BCUT2D eigenvalue weighted by Gasteiger charge is 2.67. The number of hydrogen-bond donors (Lipinski definition) is 4. The molecule has 0 aliphatic carbocycles. The number of aliphatic hydroxyl groups excluding tert-OH is 2. The van der Waals surface area contributed by atoms with Crippen LogP contribution in [0.1, 0.15) is 88.1 Å². The van der Waals surface area contributed by atoms with Crippen LogP contribution in [0.25, 0.3) is 0 Å². The SMILES string of the molecule is COc1c([C@H]2[C@H](C(=O)Nc3ccc(C(C)O)nc3)O[C@@](C)(C(F)(F)F)[C@H]2C)ccc(F)c1F.COc1c([C@H]2[C@H](C(=O)Nc3ccc(C(C)O)nc3)O[C@@](C)(C(F)(F)F)[C@H]2C)ccc(F)c1F. The number of alkyl halides is 6. The van der Waals surface area contributed by atoms with E-state index in [1.54, 1.807) is 0 Å². The van der Waals surface area contributed by atoms with Crippen molar-refractivity contribution < 1.29 is 82.7 Å². The number of halogens is 10. The minimum absolute atomic E-state index is 0.125. The average Bonchev–Trinajstić information content (AvgIpc) is 3.69. The van der Waals surface area contributed by atoms with Crippen molar-refractivity contribution in [3.63, 3.8) is 0 Å². The van der Waals surface area contributed by atoms with Crippen LogP contribution in [0.15, 0.2) is 60.9 Å². The van der Waals surface area contributed by atoms with Gasteiger partial charge in [0.05, 0.1) is 61.6 Å². The molecule has 2 aliphatic heterocycles. The zero-order valence-corrected chi connectivity index (χ0v) is 36.4. The van der Waals surface area contributed by atoms with Gasteiger partial charge in [-0.2, -0.15) is 35.1 Å². The minimum Gasteiger partial charge on any atom is -0.493 e. The van der Waals surface area contributed by atoms with Crippen molar-refractivity contribution in [2.75, 3.05) is 24.9 Å². The summed E-state index contributed by atoms with van der Waals surface area (Å²) in [7, 11) is 2.10. The number of rotatable bonds is 10. The highest BCUT2D eigenvalue weighted by molar-refractivity contribution is 5.96. The number of amides is 2. The molecule has 360 valence electrons. The van der Waals surface area contributed by atoms with Gasteiger partial charge in [-0.1, -0.05) is 26.0 Å². The molecular formula is C44H46F10N4O8. The fourth-order valence-corrected chi connectivity index (χ4v) is 7.96. The van der Waals surface area contributed by atoms with Crippen LogP contribution in [0.4, 0.5) is 55.3 Å². The number of aliphatic hydroxyl groups is 2. The normalized spacial score (nSPS) is 26.2. The second-order valence-corrected chi connectivity index (χ2v) is 16.2. The number of aromatic nitrogens is 2. The van der Waals surface area contributed by atoms with Crippen LogP contribution in [-0.2, 0) is 19.1 Å². The number of nitrogens with one attached hydrogen (secondary N) is 2. The van der Waals surface area contributed by atoms with Crippen molar-refractivity contribution in [1.29, 1.82) is 0 Å². The van der Waals surface area contributed by atoms with Gasteiger partial charge in [0.15, 0.2) is 34.3 Å². The summed E-state index contributed by atoms with van der Waals surface area (Å²) < 4.78 is 160. The summed E-state index contributed by atoms with van der Waals surface area (Å²) >= 11 is 0. The second-order valence-electron chi connectivity index (χ2n) is 16.2. The molecule has 2 aromatic heterocycles. The molecule has 2 unspecified atom stereocenters. The minimum atomic E-state index is -4.86. The second kappa shape index (κ2) is 19.3. The van der Waals surface area contributed by atoms with Crippen molar-refractivity contribution in [2.24, 2.45) is 11.8 Å². The number of carbonyl (C=O) groups excluding carboxylic acids is 2. The zero-order valence-electron chi connectivity index (χ0n) is 36.4. The Morgan fingerprint density at radius 3 is 1.23 bits per heavy atom. The molecule has 2 amide bonds. The molecule has 0 radical (unpaired) electrons. The maximum absolute atomic E-state index is 14.4. The van der Waals surface area contributed by atoms with Crippen LogP contribution in [0, 0.1) is 35.1 Å². The van der Waals surface area contributed by atoms with E-state index in [0.29, 0.717) is 11.4 Å². The van der Waals surface area contributed by atoms with E-state index in [4.69, 9.17) is 18.9 Å². The Labute approximate surface area is 371 Å². The van der Waals surface area contributed by atoms with E-state index in [-0.39, 0.29) is 22.5 Å². The molecule has 0 saturated carbocycles. The lowest BCUT2D eigenvalue weighted by Crippen LogP contribution is -2.47. The largest absolute Gasteiger partial charge is 0.493 e. The van der Waals surface area contributed by atoms with Gasteiger partial charge in [-0.05, 0) is 64.1 Å². The molecule has 12 nitrogen and oxygen atoms in total. The summed E-state index contributed by atoms with van der Waals surface area (Å²) in [6, 6.07) is 9.41. The molecular weight excluding hydrogens is 902 g/mol. The predicted octanol–water partition coefficient (Wildman–Crippen LogP) is 9.00. The van der Waals surface area contributed by atoms with Gasteiger partial charge < -0.3 is 39.8 Å². The molecule has 2 fully saturated rings. The van der Waals surface area contributed by atoms with Gasteiger partial charge in [-0.25, -0.2) is 8.78 Å². The van der Waals surface area contributed by atoms with Crippen LogP contribution in [-0.4, -0.2) is 82.0 Å². The predicted molar refractivity (Wildman–Crippen MR) is 215 cm³/mol. The van der Waals surface area contributed by atoms with Crippen LogP contribution in [0.3, 0.4) is 0 Å². The maximum atomic E-state index is 14.4. The van der Waals surface area contributed by atoms with E-state index >= 15 is 0 Å². The fourth-order valence-electron chi connectivity index (χ4n) is 7.96. The van der Waals surface area contributed by atoms with E-state index in [9.17, 15) is 63.7 Å². The first kappa shape index (κ1) is 51.4. The maximum Gasteiger partial charge on any atom is 0.417 e. The molecule has 0 spiro atoms. The molecule has 6 rings (SSSR count). The topological polar surface area (TPSA) is 161 Å². The van der Waals surface area contributed by atoms with Gasteiger partial charge in [0.2, 0.25) is 11.6 Å². The Balaban J connectivity index is 0.000000247. The first-order chi connectivity index (χ1) is 30.6. The number of anilines is 2. The number of carbonyl (C=O) groups is 2. The van der Waals surface area contributed by atoms with Gasteiger partial charge in [0.1, 0.15) is 12.2 Å². The standard InChI is InChI=1S/2C22H23F5N2O4/c2*1-10-16(13-6-7-14(23)17(24)18(13)32-4)19(33-21(10,3)22(25,26)27)20(31)29-12-5-8-15(11(2)30)28-9-12/h2*5-11,16,19,30H,1-4H3,(H,29,31)/t2*10-,11?,16-,19+,21+/m00/s1. The van der Waals surface area contributed by atoms with Crippen molar-refractivity contribution in [1.82, 2.24) is 9.97 Å². The molecule has 2 saturated heterocycles. The smallest absolute Gasteiger partial charge is 0.417 e. The van der Waals surface area contributed by atoms with Crippen molar-refractivity contribution in [3.05, 3.63) is 107 Å². The molecule has 2 aliphatic rings. The molecule has 10 atom stereocenters. The first-order valence-corrected chi connectivity index (χ1v) is 20.1. The van der Waals surface area contributed by atoms with Gasteiger partial charge in [0.25, 0.3) is 11.8 Å². The Morgan fingerprint density at radius 1 is 0.636 bits per heavy atom. The number of hydrogen-bond acceptors (Lipinski definition) is 10. The molecule has 4 heterocycles. The number of methoxy groups -OCH3 is 2. The number of benzene rings is 2. The van der Waals surface area contributed by atoms with Gasteiger partial charge >= 0.3 is 12.4 Å². The highest BCUT2D eigenvalue weighted by Crippen LogP contribution is 2.56. The zero-order chi connectivity index (χ0) is 49.4. The summed E-state index contributed by atoms with van der Waals surface area (Å²) in [5.41, 5.74) is -4.79. The molecule has 4 N–H and O–H groups in total. The third-order valence-corrected chi connectivity index (χ3v) is 12.1. The Hall–Kier alpha value is -5.58. The fraction of sp³-hybridized carbons (Fsp3) is 0.455. The van der Waals surface area contributed by atoms with Crippen molar-refractivity contribution >= 4 is 23.2 Å². The summed E-state index contributed by atoms with van der Waals surface area (Å²) in [5.74, 6) is -13.6. The summed E-state index contributed by atoms with van der Waals surface area (Å²) in [4.78, 5) is 34.0. The lowest BCUT2D eigenvalue weighted by atomic mass is 9.77. The van der Waals surface area contributed by atoms with Crippen LogP contribution in [0.5, 0.6) is 11.5 Å². The number of ether oxygens (including phenoxy) is 4. The molecule has 0 bridgehead atoms. The Morgan fingerprint density at radius 2 is 0.970 bits per heavy atom. The van der Waals surface area contributed by atoms with Gasteiger partial charge in [-0.3, -0.25) is 19.6 Å². The van der Waals surface area contributed by atoms with Crippen LogP contribution < -0.4 is 20.1 Å². The summed E-state index contributed by atoms with van der Waals surface area (Å²) in [5, 5.41) is 24.0. The molecule has 66 heavy (non-hydrogen) atoms. The third kappa shape index (κ3) is 9.77. The van der Waals surface area contributed by atoms with Gasteiger partial charge in [0, 0.05) is 34.8 Å². The number of pyridine rings is 2. The van der Waals surface area contributed by atoms with E-state index in [0.717, 1.165) is 52.3 Å². The summed E-state index contributed by atoms with van der Waals surface area (Å²) in [6.07, 6.45) is -12.4. The summed E-state index contributed by atoms with van der Waals surface area (Å²) in [6.45, 7) is 7.06.